The second-order valence-corrected chi connectivity index (χ2v) is 3.86. The van der Waals surface area contributed by atoms with Crippen LogP contribution in [0.3, 0.4) is 0 Å². The lowest BCUT2D eigenvalue weighted by Crippen LogP contribution is -2.24. The van der Waals surface area contributed by atoms with Gasteiger partial charge in [0.25, 0.3) is 0 Å². The molecular formula is C12H25NO3. The van der Waals surface area contributed by atoms with E-state index in [1.54, 1.807) is 0 Å². The van der Waals surface area contributed by atoms with Gasteiger partial charge in [0.1, 0.15) is 6.61 Å². The van der Waals surface area contributed by atoms with Crippen molar-refractivity contribution in [3.63, 3.8) is 0 Å². The molecule has 0 aliphatic carbocycles. The highest BCUT2D eigenvalue weighted by Crippen LogP contribution is 2.05. The Hall–Kier alpha value is -0.610. The molecule has 0 bridgehead atoms. The van der Waals surface area contributed by atoms with Crippen molar-refractivity contribution in [1.82, 2.24) is 5.32 Å². The highest BCUT2D eigenvalue weighted by molar-refractivity contribution is 5.69. The first-order chi connectivity index (χ1) is 7.81. The molecular weight excluding hydrogens is 206 g/mol. The van der Waals surface area contributed by atoms with Crippen LogP contribution in [0.2, 0.25) is 0 Å². The van der Waals surface area contributed by atoms with Gasteiger partial charge in [-0.15, -0.1) is 0 Å². The third kappa shape index (κ3) is 11.5. The summed E-state index contributed by atoms with van der Waals surface area (Å²) in [7, 11) is 0. The van der Waals surface area contributed by atoms with Crippen molar-refractivity contribution in [3.05, 3.63) is 0 Å². The molecule has 4 nitrogen and oxygen atoms in total. The van der Waals surface area contributed by atoms with Gasteiger partial charge in [-0.1, -0.05) is 32.6 Å². The van der Waals surface area contributed by atoms with Gasteiger partial charge in [-0.3, -0.25) is 4.79 Å². The summed E-state index contributed by atoms with van der Waals surface area (Å²) in [6.07, 6.45) is 6.27. The van der Waals surface area contributed by atoms with Crippen molar-refractivity contribution < 1.29 is 14.6 Å². The molecule has 16 heavy (non-hydrogen) atoms. The topological polar surface area (TPSA) is 58.6 Å². The predicted octanol–water partition coefficient (Wildman–Crippen LogP) is 1.47. The SMILES string of the molecule is CCCCCCCC(=O)OCCNCCO. The molecule has 2 N–H and O–H groups in total. The van der Waals surface area contributed by atoms with Crippen LogP contribution < -0.4 is 5.32 Å². The zero-order valence-electron chi connectivity index (χ0n) is 10.3. The Morgan fingerprint density at radius 1 is 1.19 bits per heavy atom. The number of carbonyl (C=O) groups is 1. The molecule has 0 aromatic rings. The molecule has 0 aromatic heterocycles. The molecule has 0 heterocycles. The lowest BCUT2D eigenvalue weighted by molar-refractivity contribution is -0.143. The highest BCUT2D eigenvalue weighted by atomic mass is 16.5. The lowest BCUT2D eigenvalue weighted by atomic mass is 10.1. The Labute approximate surface area is 98.4 Å². The van der Waals surface area contributed by atoms with Crippen LogP contribution in [-0.4, -0.2) is 37.4 Å². The van der Waals surface area contributed by atoms with Crippen molar-refractivity contribution in [3.8, 4) is 0 Å². The molecule has 4 heteroatoms. The van der Waals surface area contributed by atoms with Gasteiger partial charge in [0, 0.05) is 19.5 Å². The molecule has 0 aliphatic rings. The summed E-state index contributed by atoms with van der Waals surface area (Å²) in [4.78, 5) is 11.2. The lowest BCUT2D eigenvalue weighted by Gasteiger charge is -2.05. The van der Waals surface area contributed by atoms with E-state index >= 15 is 0 Å². The molecule has 0 amide bonds. The number of carbonyl (C=O) groups excluding carboxylic acids is 1. The van der Waals surface area contributed by atoms with Gasteiger partial charge in [-0.2, -0.15) is 0 Å². The number of unbranched alkanes of at least 4 members (excludes halogenated alkanes) is 4. The van der Waals surface area contributed by atoms with Crippen LogP contribution in [0, 0.1) is 0 Å². The van der Waals surface area contributed by atoms with E-state index in [9.17, 15) is 4.79 Å². The average Bonchev–Trinajstić information content (AvgIpc) is 2.28. The van der Waals surface area contributed by atoms with E-state index in [2.05, 4.69) is 12.2 Å². The zero-order chi connectivity index (χ0) is 12.1. The third-order valence-corrected chi connectivity index (χ3v) is 2.31. The molecule has 96 valence electrons. The van der Waals surface area contributed by atoms with E-state index in [0.717, 1.165) is 12.8 Å². The summed E-state index contributed by atoms with van der Waals surface area (Å²) in [5.74, 6) is -0.109. The standard InChI is InChI=1S/C12H25NO3/c1-2-3-4-5-6-7-12(15)16-11-9-13-8-10-14/h13-14H,2-11H2,1H3. The zero-order valence-corrected chi connectivity index (χ0v) is 10.3. The van der Waals surface area contributed by atoms with Crippen LogP contribution in [0.1, 0.15) is 45.4 Å². The molecule has 0 fully saturated rings. The fourth-order valence-corrected chi connectivity index (χ4v) is 1.39. The molecule has 0 radical (unpaired) electrons. The Bertz CT molecular complexity index is 146. The number of hydrogen-bond acceptors (Lipinski definition) is 4. The number of rotatable bonds is 11. The van der Waals surface area contributed by atoms with E-state index in [1.165, 1.54) is 19.3 Å². The van der Waals surface area contributed by atoms with Crippen LogP contribution in [0.5, 0.6) is 0 Å². The van der Waals surface area contributed by atoms with Crippen LogP contribution in [0.4, 0.5) is 0 Å². The number of ether oxygens (including phenoxy) is 1. The molecule has 0 unspecified atom stereocenters. The number of hydrogen-bond donors (Lipinski definition) is 2. The Morgan fingerprint density at radius 3 is 2.62 bits per heavy atom. The van der Waals surface area contributed by atoms with Gasteiger partial charge in [-0.25, -0.2) is 0 Å². The molecule has 0 aliphatic heterocycles. The Balaban J connectivity index is 3.12. The second kappa shape index (κ2) is 12.5. The van der Waals surface area contributed by atoms with Crippen LogP contribution >= 0.6 is 0 Å². The summed E-state index contributed by atoms with van der Waals surface area (Å²) >= 11 is 0. The predicted molar refractivity (Wildman–Crippen MR) is 64.3 cm³/mol. The van der Waals surface area contributed by atoms with Crippen LogP contribution in [-0.2, 0) is 9.53 Å². The summed E-state index contributed by atoms with van der Waals surface area (Å²) < 4.78 is 5.01. The smallest absolute Gasteiger partial charge is 0.305 e. The first-order valence-electron chi connectivity index (χ1n) is 6.28. The van der Waals surface area contributed by atoms with Crippen molar-refractivity contribution in [1.29, 1.82) is 0 Å². The summed E-state index contributed by atoms with van der Waals surface area (Å²) in [5, 5.41) is 11.4. The Morgan fingerprint density at radius 2 is 1.94 bits per heavy atom. The average molecular weight is 231 g/mol. The fraction of sp³-hybridized carbons (Fsp3) is 0.917. The van der Waals surface area contributed by atoms with E-state index in [-0.39, 0.29) is 12.6 Å². The molecule has 0 atom stereocenters. The van der Waals surface area contributed by atoms with E-state index < -0.39 is 0 Å². The summed E-state index contributed by atoms with van der Waals surface area (Å²) in [6, 6.07) is 0. The van der Waals surface area contributed by atoms with Gasteiger partial charge in [-0.05, 0) is 6.42 Å². The fourth-order valence-electron chi connectivity index (χ4n) is 1.39. The maximum absolute atomic E-state index is 11.2. The minimum Gasteiger partial charge on any atom is -0.464 e. The maximum Gasteiger partial charge on any atom is 0.305 e. The monoisotopic (exact) mass is 231 g/mol. The molecule has 0 rings (SSSR count). The van der Waals surface area contributed by atoms with Crippen molar-refractivity contribution in [2.24, 2.45) is 0 Å². The molecule has 0 saturated heterocycles. The highest BCUT2D eigenvalue weighted by Gasteiger charge is 2.01. The first-order valence-corrected chi connectivity index (χ1v) is 6.28. The largest absolute Gasteiger partial charge is 0.464 e. The summed E-state index contributed by atoms with van der Waals surface area (Å²) in [5.41, 5.74) is 0. The van der Waals surface area contributed by atoms with Crippen molar-refractivity contribution in [2.45, 2.75) is 45.4 Å². The normalized spacial score (nSPS) is 10.4. The van der Waals surface area contributed by atoms with Crippen molar-refractivity contribution >= 4 is 5.97 Å². The minimum absolute atomic E-state index is 0.109. The van der Waals surface area contributed by atoms with E-state index in [1.807, 2.05) is 0 Å². The van der Waals surface area contributed by atoms with Crippen LogP contribution in [0.15, 0.2) is 0 Å². The van der Waals surface area contributed by atoms with Gasteiger partial charge in [0.15, 0.2) is 0 Å². The number of aliphatic hydroxyl groups is 1. The van der Waals surface area contributed by atoms with Crippen molar-refractivity contribution in [2.75, 3.05) is 26.3 Å². The second-order valence-electron chi connectivity index (χ2n) is 3.86. The molecule has 0 aromatic carbocycles. The van der Waals surface area contributed by atoms with E-state index in [4.69, 9.17) is 9.84 Å². The van der Waals surface area contributed by atoms with Crippen LogP contribution in [0.25, 0.3) is 0 Å². The quantitative estimate of drug-likeness (QED) is 0.417. The van der Waals surface area contributed by atoms with Gasteiger partial charge in [0.05, 0.1) is 6.61 Å². The number of esters is 1. The van der Waals surface area contributed by atoms with Gasteiger partial charge >= 0.3 is 5.97 Å². The third-order valence-electron chi connectivity index (χ3n) is 2.31. The first kappa shape index (κ1) is 15.4. The van der Waals surface area contributed by atoms with E-state index in [0.29, 0.717) is 26.1 Å². The summed E-state index contributed by atoms with van der Waals surface area (Å²) in [6.45, 7) is 3.85. The van der Waals surface area contributed by atoms with Gasteiger partial charge in [0.2, 0.25) is 0 Å². The number of aliphatic hydroxyl groups excluding tert-OH is 1. The number of nitrogens with one attached hydrogen (secondary N) is 1. The Kier molecular flexibility index (Phi) is 12.0. The maximum atomic E-state index is 11.2. The molecule has 0 spiro atoms. The molecule has 0 saturated carbocycles. The van der Waals surface area contributed by atoms with Gasteiger partial charge < -0.3 is 15.2 Å². The minimum atomic E-state index is -0.109.